The zero-order valence-electron chi connectivity index (χ0n) is 11.8. The van der Waals surface area contributed by atoms with Crippen LogP contribution in [0.15, 0.2) is 30.3 Å². The van der Waals surface area contributed by atoms with Crippen LogP contribution in [0.25, 0.3) is 0 Å². The highest BCUT2D eigenvalue weighted by atomic mass is 16.7. The summed E-state index contributed by atoms with van der Waals surface area (Å²) in [6, 6.07) is 9.00. The van der Waals surface area contributed by atoms with Crippen LogP contribution in [0.3, 0.4) is 0 Å². The maximum absolute atomic E-state index is 11.4. The molecule has 1 amide bonds. The fraction of sp³-hybridized carbons (Fsp3) is 0.429. The lowest BCUT2D eigenvalue weighted by Crippen LogP contribution is -2.38. The monoisotopic (exact) mass is 281 g/mol. The van der Waals surface area contributed by atoms with E-state index in [1.807, 2.05) is 11.5 Å². The van der Waals surface area contributed by atoms with Crippen LogP contribution in [-0.4, -0.2) is 28.9 Å². The molecule has 0 bridgehead atoms. The van der Waals surface area contributed by atoms with Crippen LogP contribution >= 0.6 is 0 Å². The van der Waals surface area contributed by atoms with Gasteiger partial charge in [0.15, 0.2) is 6.10 Å². The van der Waals surface area contributed by atoms with E-state index in [4.69, 9.17) is 14.7 Å². The fourth-order valence-electron chi connectivity index (χ4n) is 1.43. The maximum atomic E-state index is 11.4. The summed E-state index contributed by atoms with van der Waals surface area (Å²) < 4.78 is 4.95. The van der Waals surface area contributed by atoms with E-state index in [1.54, 1.807) is 45.0 Å². The molecule has 1 aromatic rings. The van der Waals surface area contributed by atoms with Crippen molar-refractivity contribution in [2.24, 2.45) is 0 Å². The summed E-state index contributed by atoms with van der Waals surface area (Å²) in [5.74, 6) is -1.16. The molecule has 1 unspecified atom stereocenters. The predicted molar refractivity (Wildman–Crippen MR) is 72.0 cm³/mol. The van der Waals surface area contributed by atoms with Gasteiger partial charge in [-0.25, -0.2) is 9.59 Å². The Morgan fingerprint density at radius 2 is 1.85 bits per heavy atom. The molecule has 1 aromatic carbocycles. The molecule has 0 spiro atoms. The van der Waals surface area contributed by atoms with Gasteiger partial charge in [0.2, 0.25) is 0 Å². The van der Waals surface area contributed by atoms with Gasteiger partial charge in [0, 0.05) is 6.42 Å². The van der Waals surface area contributed by atoms with Crippen molar-refractivity contribution < 1.29 is 24.3 Å². The first kappa shape index (κ1) is 16.0. The summed E-state index contributed by atoms with van der Waals surface area (Å²) >= 11 is 0. The van der Waals surface area contributed by atoms with Gasteiger partial charge in [0.25, 0.3) is 0 Å². The molecule has 20 heavy (non-hydrogen) atoms. The lowest BCUT2D eigenvalue weighted by Gasteiger charge is -2.20. The van der Waals surface area contributed by atoms with Gasteiger partial charge in [-0.1, -0.05) is 30.3 Å². The smallest absolute Gasteiger partial charge is 0.431 e. The van der Waals surface area contributed by atoms with Crippen molar-refractivity contribution in [3.63, 3.8) is 0 Å². The van der Waals surface area contributed by atoms with Crippen molar-refractivity contribution in [1.29, 1.82) is 0 Å². The number of nitrogens with one attached hydrogen (secondary N) is 1. The number of hydrogen-bond acceptors (Lipinski definition) is 4. The third-order valence-electron chi connectivity index (χ3n) is 2.22. The first-order valence-electron chi connectivity index (χ1n) is 6.19. The molecular weight excluding hydrogens is 262 g/mol. The van der Waals surface area contributed by atoms with Crippen LogP contribution in [-0.2, 0) is 20.8 Å². The second-order valence-electron chi connectivity index (χ2n) is 5.24. The highest BCUT2D eigenvalue weighted by Crippen LogP contribution is 2.08. The Bertz CT molecular complexity index is 452. The molecule has 0 aromatic heterocycles. The quantitative estimate of drug-likeness (QED) is 0.808. The highest BCUT2D eigenvalue weighted by molar-refractivity contribution is 5.73. The fourth-order valence-corrected chi connectivity index (χ4v) is 1.43. The molecule has 0 fully saturated rings. The molecule has 0 aliphatic rings. The predicted octanol–water partition coefficient (Wildman–Crippen LogP) is 2.14. The summed E-state index contributed by atoms with van der Waals surface area (Å²) in [6.45, 7) is 5.10. The van der Waals surface area contributed by atoms with Gasteiger partial charge in [0.05, 0.1) is 0 Å². The molecule has 110 valence electrons. The van der Waals surface area contributed by atoms with Crippen molar-refractivity contribution in [3.8, 4) is 0 Å². The minimum absolute atomic E-state index is 0.145. The van der Waals surface area contributed by atoms with Gasteiger partial charge in [-0.3, -0.25) is 4.84 Å². The second-order valence-corrected chi connectivity index (χ2v) is 5.24. The van der Waals surface area contributed by atoms with Crippen LogP contribution in [0.2, 0.25) is 0 Å². The molecule has 0 aliphatic heterocycles. The Hall–Kier alpha value is -2.08. The molecule has 0 heterocycles. The lowest BCUT2D eigenvalue weighted by atomic mass is 10.1. The van der Waals surface area contributed by atoms with E-state index in [9.17, 15) is 9.59 Å². The molecule has 1 atom stereocenters. The van der Waals surface area contributed by atoms with E-state index in [-0.39, 0.29) is 6.42 Å². The molecular formula is C14H19NO5. The minimum atomic E-state index is -1.18. The van der Waals surface area contributed by atoms with Gasteiger partial charge in [-0.05, 0) is 26.3 Å². The van der Waals surface area contributed by atoms with E-state index >= 15 is 0 Å². The summed E-state index contributed by atoms with van der Waals surface area (Å²) in [6.07, 6.45) is -1.85. The van der Waals surface area contributed by atoms with Gasteiger partial charge >= 0.3 is 12.1 Å². The second kappa shape index (κ2) is 6.91. The van der Waals surface area contributed by atoms with Gasteiger partial charge < -0.3 is 9.84 Å². The number of rotatable bonds is 5. The number of benzene rings is 1. The molecule has 6 heteroatoms. The van der Waals surface area contributed by atoms with Crippen molar-refractivity contribution in [3.05, 3.63) is 35.9 Å². The van der Waals surface area contributed by atoms with Crippen LogP contribution in [0.5, 0.6) is 0 Å². The number of carbonyl (C=O) groups excluding carboxylic acids is 1. The minimum Gasteiger partial charge on any atom is -0.479 e. The molecule has 6 nitrogen and oxygen atoms in total. The zero-order valence-corrected chi connectivity index (χ0v) is 11.8. The molecule has 1 rings (SSSR count). The van der Waals surface area contributed by atoms with E-state index in [1.165, 1.54) is 0 Å². The average Bonchev–Trinajstić information content (AvgIpc) is 2.33. The van der Waals surface area contributed by atoms with Crippen LogP contribution in [0, 0.1) is 0 Å². The third kappa shape index (κ3) is 6.19. The summed E-state index contributed by atoms with van der Waals surface area (Å²) in [5.41, 5.74) is 2.12. The molecule has 0 saturated heterocycles. The molecule has 2 N–H and O–H groups in total. The highest BCUT2D eigenvalue weighted by Gasteiger charge is 2.22. The number of carboxylic acids is 1. The zero-order chi connectivity index (χ0) is 15.2. The summed E-state index contributed by atoms with van der Waals surface area (Å²) in [7, 11) is 0. The van der Waals surface area contributed by atoms with Crippen LogP contribution in [0.1, 0.15) is 26.3 Å². The van der Waals surface area contributed by atoms with E-state index in [0.29, 0.717) is 0 Å². The van der Waals surface area contributed by atoms with Crippen molar-refractivity contribution in [2.75, 3.05) is 0 Å². The van der Waals surface area contributed by atoms with Crippen molar-refractivity contribution in [1.82, 2.24) is 5.48 Å². The number of hydrogen-bond donors (Lipinski definition) is 2. The maximum Gasteiger partial charge on any atom is 0.431 e. The third-order valence-corrected chi connectivity index (χ3v) is 2.22. The van der Waals surface area contributed by atoms with Crippen molar-refractivity contribution >= 4 is 12.1 Å². The summed E-state index contributed by atoms with van der Waals surface area (Å²) in [5, 5.41) is 9.06. The number of aliphatic carboxylic acids is 1. The Labute approximate surface area is 117 Å². The number of hydroxylamine groups is 1. The number of carboxylic acid groups (broad SMARTS) is 1. The Kier molecular flexibility index (Phi) is 5.52. The van der Waals surface area contributed by atoms with Crippen LogP contribution in [0.4, 0.5) is 4.79 Å². The Morgan fingerprint density at radius 1 is 1.25 bits per heavy atom. The normalized spacial score (nSPS) is 12.6. The van der Waals surface area contributed by atoms with Gasteiger partial charge in [-0.2, -0.15) is 5.48 Å². The van der Waals surface area contributed by atoms with Crippen molar-refractivity contribution in [2.45, 2.75) is 38.9 Å². The topological polar surface area (TPSA) is 84.9 Å². The number of amides is 1. The van der Waals surface area contributed by atoms with E-state index in [2.05, 4.69) is 0 Å². The first-order valence-corrected chi connectivity index (χ1v) is 6.19. The Balaban J connectivity index is 2.52. The molecule has 0 radical (unpaired) electrons. The Morgan fingerprint density at radius 3 is 2.35 bits per heavy atom. The van der Waals surface area contributed by atoms with Gasteiger partial charge in [0.1, 0.15) is 5.60 Å². The molecule has 0 saturated carbocycles. The van der Waals surface area contributed by atoms with Gasteiger partial charge in [-0.15, -0.1) is 0 Å². The van der Waals surface area contributed by atoms with Crippen LogP contribution < -0.4 is 5.48 Å². The number of carbonyl (C=O) groups is 2. The standard InChI is InChI=1S/C14H19NO5/c1-14(2,3)19-13(18)15-20-11(12(16)17)9-10-7-5-4-6-8-10/h4-8,11H,9H2,1-3H3,(H,15,18)(H,16,17). The SMILES string of the molecule is CC(C)(C)OC(=O)NOC(Cc1ccccc1)C(=O)O. The first-order chi connectivity index (χ1) is 9.28. The number of ether oxygens (including phenoxy) is 1. The van der Waals surface area contributed by atoms with E-state index < -0.39 is 23.8 Å². The lowest BCUT2D eigenvalue weighted by molar-refractivity contribution is -0.154. The van der Waals surface area contributed by atoms with E-state index in [0.717, 1.165) is 5.56 Å². The molecule has 0 aliphatic carbocycles. The largest absolute Gasteiger partial charge is 0.479 e. The average molecular weight is 281 g/mol. The summed E-state index contributed by atoms with van der Waals surface area (Å²) in [4.78, 5) is 27.4.